The molecule has 1 atom stereocenters. The SMILES string of the molecule is CC(C)C(C)N(C)c1nnc(SCC(=O)O)n1C. The van der Waals surface area contributed by atoms with Crippen molar-refractivity contribution < 1.29 is 9.90 Å². The Hall–Kier alpha value is -1.24. The lowest BCUT2D eigenvalue weighted by atomic mass is 10.1. The van der Waals surface area contributed by atoms with Gasteiger partial charge in [0.05, 0.1) is 5.75 Å². The van der Waals surface area contributed by atoms with E-state index < -0.39 is 5.97 Å². The number of aliphatic carboxylic acids is 1. The second-order valence-corrected chi connectivity index (χ2v) is 5.56. The Balaban J connectivity index is 2.82. The number of rotatable bonds is 6. The predicted octanol–water partition coefficient (Wildman–Crippen LogP) is 1.47. The summed E-state index contributed by atoms with van der Waals surface area (Å²) in [4.78, 5) is 12.6. The normalized spacial score (nSPS) is 12.8. The van der Waals surface area contributed by atoms with Crippen LogP contribution in [0.3, 0.4) is 0 Å². The fraction of sp³-hybridized carbons (Fsp3) is 0.727. The van der Waals surface area contributed by atoms with Crippen molar-refractivity contribution in [1.82, 2.24) is 14.8 Å². The van der Waals surface area contributed by atoms with Crippen LogP contribution in [0.15, 0.2) is 5.16 Å². The molecular weight excluding hydrogens is 252 g/mol. The fourth-order valence-corrected chi connectivity index (χ4v) is 2.12. The molecule has 0 amide bonds. The number of hydrogen-bond donors (Lipinski definition) is 1. The maximum Gasteiger partial charge on any atom is 0.313 e. The van der Waals surface area contributed by atoms with Crippen LogP contribution in [0.1, 0.15) is 20.8 Å². The second-order valence-electron chi connectivity index (χ2n) is 4.62. The van der Waals surface area contributed by atoms with Crippen molar-refractivity contribution in [2.45, 2.75) is 32.0 Å². The fourth-order valence-electron chi connectivity index (χ4n) is 1.50. The molecule has 0 fully saturated rings. The molecule has 7 heteroatoms. The molecule has 1 unspecified atom stereocenters. The van der Waals surface area contributed by atoms with E-state index in [-0.39, 0.29) is 5.75 Å². The summed E-state index contributed by atoms with van der Waals surface area (Å²) in [6.45, 7) is 6.43. The number of nitrogens with zero attached hydrogens (tertiary/aromatic N) is 4. The predicted molar refractivity (Wildman–Crippen MR) is 72.1 cm³/mol. The summed E-state index contributed by atoms with van der Waals surface area (Å²) >= 11 is 1.18. The lowest BCUT2D eigenvalue weighted by molar-refractivity contribution is -0.133. The van der Waals surface area contributed by atoms with Crippen molar-refractivity contribution in [1.29, 1.82) is 0 Å². The van der Waals surface area contributed by atoms with Crippen molar-refractivity contribution in [3.05, 3.63) is 0 Å². The molecule has 102 valence electrons. The first-order valence-corrected chi connectivity index (χ1v) is 6.80. The third-order valence-electron chi connectivity index (χ3n) is 3.03. The van der Waals surface area contributed by atoms with E-state index in [2.05, 4.69) is 35.9 Å². The summed E-state index contributed by atoms with van der Waals surface area (Å²) in [6, 6.07) is 0.338. The van der Waals surface area contributed by atoms with E-state index in [0.717, 1.165) is 5.95 Å². The van der Waals surface area contributed by atoms with Crippen LogP contribution in [-0.2, 0) is 11.8 Å². The van der Waals surface area contributed by atoms with Crippen molar-refractivity contribution >= 4 is 23.7 Å². The van der Waals surface area contributed by atoms with Crippen LogP contribution in [0.4, 0.5) is 5.95 Å². The van der Waals surface area contributed by atoms with Crippen molar-refractivity contribution in [2.75, 3.05) is 17.7 Å². The molecule has 1 aromatic rings. The number of carboxylic acid groups (broad SMARTS) is 1. The Morgan fingerprint density at radius 2 is 2.06 bits per heavy atom. The minimum absolute atomic E-state index is 0.00454. The highest BCUT2D eigenvalue weighted by Crippen LogP contribution is 2.22. The molecule has 0 saturated carbocycles. The van der Waals surface area contributed by atoms with Crippen molar-refractivity contribution in [3.8, 4) is 0 Å². The molecule has 1 N–H and O–H groups in total. The van der Waals surface area contributed by atoms with E-state index in [4.69, 9.17) is 5.11 Å². The summed E-state index contributed by atoms with van der Waals surface area (Å²) in [6.07, 6.45) is 0. The molecule has 0 spiro atoms. The third kappa shape index (κ3) is 3.38. The second kappa shape index (κ2) is 6.08. The lowest BCUT2D eigenvalue weighted by Crippen LogP contribution is -2.34. The van der Waals surface area contributed by atoms with E-state index in [0.29, 0.717) is 17.1 Å². The van der Waals surface area contributed by atoms with Gasteiger partial charge in [-0.15, -0.1) is 10.2 Å². The van der Waals surface area contributed by atoms with Gasteiger partial charge in [0.1, 0.15) is 0 Å². The quantitative estimate of drug-likeness (QED) is 0.791. The van der Waals surface area contributed by atoms with Gasteiger partial charge in [-0.05, 0) is 12.8 Å². The van der Waals surface area contributed by atoms with E-state index in [1.54, 1.807) is 0 Å². The van der Waals surface area contributed by atoms with Crippen LogP contribution in [0.5, 0.6) is 0 Å². The highest BCUT2D eigenvalue weighted by Gasteiger charge is 2.20. The van der Waals surface area contributed by atoms with E-state index in [9.17, 15) is 4.79 Å². The maximum absolute atomic E-state index is 10.5. The minimum atomic E-state index is -0.853. The zero-order valence-corrected chi connectivity index (χ0v) is 12.2. The Morgan fingerprint density at radius 1 is 1.44 bits per heavy atom. The first kappa shape index (κ1) is 14.8. The van der Waals surface area contributed by atoms with Crippen LogP contribution < -0.4 is 4.90 Å². The van der Waals surface area contributed by atoms with Gasteiger partial charge in [-0.1, -0.05) is 25.6 Å². The highest BCUT2D eigenvalue weighted by molar-refractivity contribution is 7.99. The number of thioether (sulfide) groups is 1. The maximum atomic E-state index is 10.5. The summed E-state index contributed by atoms with van der Waals surface area (Å²) in [7, 11) is 3.82. The molecule has 1 rings (SSSR count). The molecule has 0 aromatic carbocycles. The summed E-state index contributed by atoms with van der Waals surface area (Å²) in [5.41, 5.74) is 0. The van der Waals surface area contributed by atoms with Gasteiger partial charge in [0.2, 0.25) is 5.95 Å². The molecule has 0 aliphatic carbocycles. The van der Waals surface area contributed by atoms with Gasteiger partial charge in [0.15, 0.2) is 5.16 Å². The number of carboxylic acids is 1. The molecule has 1 heterocycles. The first-order chi connectivity index (χ1) is 8.34. The van der Waals surface area contributed by atoms with Gasteiger partial charge in [0, 0.05) is 20.1 Å². The topological polar surface area (TPSA) is 71.2 Å². The number of hydrogen-bond acceptors (Lipinski definition) is 5. The molecule has 0 bridgehead atoms. The number of aromatic nitrogens is 3. The monoisotopic (exact) mass is 272 g/mol. The van der Waals surface area contributed by atoms with Crippen molar-refractivity contribution in [3.63, 3.8) is 0 Å². The van der Waals surface area contributed by atoms with Crippen molar-refractivity contribution in [2.24, 2.45) is 13.0 Å². The van der Waals surface area contributed by atoms with E-state index in [1.165, 1.54) is 11.8 Å². The van der Waals surface area contributed by atoms with Gasteiger partial charge < -0.3 is 10.0 Å². The Labute approximate surface area is 111 Å². The smallest absolute Gasteiger partial charge is 0.313 e. The largest absolute Gasteiger partial charge is 0.481 e. The van der Waals surface area contributed by atoms with E-state index in [1.807, 2.05) is 18.7 Å². The van der Waals surface area contributed by atoms with Crippen LogP contribution in [0.2, 0.25) is 0 Å². The summed E-state index contributed by atoms with van der Waals surface area (Å²) < 4.78 is 1.83. The zero-order chi connectivity index (χ0) is 13.9. The van der Waals surface area contributed by atoms with Gasteiger partial charge in [0.25, 0.3) is 0 Å². The van der Waals surface area contributed by atoms with Gasteiger partial charge in [-0.2, -0.15) is 0 Å². The van der Waals surface area contributed by atoms with E-state index >= 15 is 0 Å². The summed E-state index contributed by atoms with van der Waals surface area (Å²) in [5, 5.41) is 17.4. The summed E-state index contributed by atoms with van der Waals surface area (Å²) in [5.74, 6) is 0.398. The minimum Gasteiger partial charge on any atom is -0.481 e. The molecule has 0 saturated heterocycles. The number of carbonyl (C=O) groups is 1. The standard InChI is InChI=1S/C11H20N4O2S/c1-7(2)8(3)14(4)10-12-13-11(15(10)5)18-6-9(16)17/h7-8H,6H2,1-5H3,(H,16,17). The first-order valence-electron chi connectivity index (χ1n) is 5.81. The van der Waals surface area contributed by atoms with Crippen LogP contribution in [-0.4, -0.2) is 44.7 Å². The van der Waals surface area contributed by atoms with Crippen LogP contribution >= 0.6 is 11.8 Å². The van der Waals surface area contributed by atoms with Crippen LogP contribution in [0.25, 0.3) is 0 Å². The van der Waals surface area contributed by atoms with Gasteiger partial charge in [-0.3, -0.25) is 9.36 Å². The van der Waals surface area contributed by atoms with Gasteiger partial charge >= 0.3 is 5.97 Å². The molecule has 0 aliphatic rings. The molecule has 1 aromatic heterocycles. The highest BCUT2D eigenvalue weighted by atomic mass is 32.2. The Kier molecular flexibility index (Phi) is 5.01. The lowest BCUT2D eigenvalue weighted by Gasteiger charge is -2.28. The third-order valence-corrected chi connectivity index (χ3v) is 4.03. The Bertz CT molecular complexity index is 419. The molecular formula is C11H20N4O2S. The molecule has 6 nitrogen and oxygen atoms in total. The molecule has 18 heavy (non-hydrogen) atoms. The average Bonchev–Trinajstić information content (AvgIpc) is 2.66. The Morgan fingerprint density at radius 3 is 2.56 bits per heavy atom. The van der Waals surface area contributed by atoms with Crippen LogP contribution in [0, 0.1) is 5.92 Å². The van der Waals surface area contributed by atoms with Gasteiger partial charge in [-0.25, -0.2) is 0 Å². The number of anilines is 1. The zero-order valence-electron chi connectivity index (χ0n) is 11.4. The molecule has 0 radical (unpaired) electrons. The average molecular weight is 272 g/mol. The molecule has 0 aliphatic heterocycles.